The Bertz CT molecular complexity index is 290. The molecule has 0 saturated carbocycles. The first-order valence-electron chi connectivity index (χ1n) is 3.63. The molecule has 0 rings (SSSR count). The third kappa shape index (κ3) is 6.72. The minimum absolute atomic E-state index is 0.661. The van der Waals surface area contributed by atoms with Gasteiger partial charge in [-0.2, -0.15) is 0 Å². The Morgan fingerprint density at radius 3 is 2.36 bits per heavy atom. The second-order valence-electron chi connectivity index (χ2n) is 2.78. The van der Waals surface area contributed by atoms with Crippen LogP contribution in [-0.4, -0.2) is 50.5 Å². The van der Waals surface area contributed by atoms with Crippen molar-refractivity contribution in [1.82, 2.24) is 5.32 Å². The number of halogens is 2. The normalized spacial score (nSPS) is 14.1. The summed E-state index contributed by atoms with van der Waals surface area (Å²) >= 11 is 0. The van der Waals surface area contributed by atoms with Crippen molar-refractivity contribution >= 4 is 15.7 Å². The number of amides is 1. The number of aliphatic hydroxyl groups excluding tert-OH is 1. The molecular weight excluding hydrogens is 220 g/mol. The summed E-state index contributed by atoms with van der Waals surface area (Å²) in [5.74, 6) is -1.68. The molecule has 0 fully saturated rings. The van der Waals surface area contributed by atoms with Crippen molar-refractivity contribution in [3.05, 3.63) is 0 Å². The lowest BCUT2D eigenvalue weighted by molar-refractivity contribution is -0.119. The van der Waals surface area contributed by atoms with Crippen LogP contribution >= 0.6 is 0 Å². The molecule has 0 aromatic carbocycles. The van der Waals surface area contributed by atoms with Gasteiger partial charge in [0.25, 0.3) is 6.43 Å². The molecule has 0 aliphatic rings. The van der Waals surface area contributed by atoms with Crippen LogP contribution in [0.15, 0.2) is 0 Å². The largest absolute Gasteiger partial charge is 0.385 e. The van der Waals surface area contributed by atoms with Crippen LogP contribution < -0.4 is 5.32 Å². The summed E-state index contributed by atoms with van der Waals surface area (Å²) < 4.78 is 44.5. The monoisotopic (exact) mass is 231 g/mol. The van der Waals surface area contributed by atoms with Gasteiger partial charge in [-0.1, -0.05) is 0 Å². The Balaban J connectivity index is 3.87. The molecule has 1 unspecified atom stereocenters. The Hall–Kier alpha value is -0.760. The summed E-state index contributed by atoms with van der Waals surface area (Å²) in [5, 5.41) is 10.4. The molecule has 0 spiro atoms. The first-order valence-corrected chi connectivity index (χ1v) is 5.69. The van der Waals surface area contributed by atoms with Crippen molar-refractivity contribution in [2.24, 2.45) is 0 Å². The van der Waals surface area contributed by atoms with Crippen LogP contribution in [0.3, 0.4) is 0 Å². The molecule has 0 radical (unpaired) electrons. The fraction of sp³-hybridized carbons (Fsp3) is 0.833. The average molecular weight is 231 g/mol. The van der Waals surface area contributed by atoms with E-state index in [1.807, 2.05) is 5.32 Å². The van der Waals surface area contributed by atoms with Crippen molar-refractivity contribution in [1.29, 1.82) is 0 Å². The highest BCUT2D eigenvalue weighted by Crippen LogP contribution is 1.98. The average Bonchev–Trinajstić information content (AvgIpc) is 1.96. The second-order valence-corrected chi connectivity index (χ2v) is 4.92. The predicted octanol–water partition coefficient (Wildman–Crippen LogP) is -1.23. The first-order chi connectivity index (χ1) is 6.22. The van der Waals surface area contributed by atoms with Gasteiger partial charge >= 0.3 is 0 Å². The molecule has 8 heteroatoms. The van der Waals surface area contributed by atoms with E-state index in [9.17, 15) is 22.0 Å². The van der Waals surface area contributed by atoms with E-state index in [0.717, 1.165) is 6.26 Å². The maximum Gasteiger partial charge on any atom is 0.265 e. The molecule has 84 valence electrons. The number of hydrogen-bond donors (Lipinski definition) is 2. The maximum absolute atomic E-state index is 11.7. The summed E-state index contributed by atoms with van der Waals surface area (Å²) in [4.78, 5) is 10.7. The van der Waals surface area contributed by atoms with Crippen LogP contribution in [-0.2, 0) is 14.6 Å². The van der Waals surface area contributed by atoms with Gasteiger partial charge in [-0.05, 0) is 0 Å². The van der Waals surface area contributed by atoms with Crippen molar-refractivity contribution < 1.29 is 27.1 Å². The highest BCUT2D eigenvalue weighted by atomic mass is 32.2. The fourth-order valence-electron chi connectivity index (χ4n) is 0.597. The van der Waals surface area contributed by atoms with Crippen LogP contribution in [0, 0.1) is 0 Å². The van der Waals surface area contributed by atoms with Gasteiger partial charge < -0.3 is 10.4 Å². The van der Waals surface area contributed by atoms with E-state index in [2.05, 4.69) is 0 Å². The van der Waals surface area contributed by atoms with Gasteiger partial charge in [-0.15, -0.1) is 0 Å². The molecule has 1 atom stereocenters. The number of aliphatic hydroxyl groups is 1. The fourth-order valence-corrected chi connectivity index (χ4v) is 1.17. The molecular formula is C6H11F2NO4S. The highest BCUT2D eigenvalue weighted by molar-refractivity contribution is 7.91. The number of sulfone groups is 1. The lowest BCUT2D eigenvalue weighted by Crippen LogP contribution is -2.38. The zero-order valence-corrected chi connectivity index (χ0v) is 8.22. The smallest absolute Gasteiger partial charge is 0.265 e. The summed E-state index contributed by atoms with van der Waals surface area (Å²) in [7, 11) is -3.47. The number of carbonyl (C=O) groups excluding carboxylic acids is 1. The van der Waals surface area contributed by atoms with E-state index in [-0.39, 0.29) is 0 Å². The topological polar surface area (TPSA) is 83.5 Å². The van der Waals surface area contributed by atoms with Crippen molar-refractivity contribution in [3.63, 3.8) is 0 Å². The Labute approximate surface area is 80.0 Å². The Morgan fingerprint density at radius 2 is 2.00 bits per heavy atom. The minimum atomic E-state index is -3.47. The number of hydrogen-bond acceptors (Lipinski definition) is 4. The SMILES string of the molecule is CS(=O)(=O)CC(=O)NCC(O)C(F)F. The van der Waals surface area contributed by atoms with E-state index in [1.54, 1.807) is 0 Å². The summed E-state index contributed by atoms with van der Waals surface area (Å²) in [6.07, 6.45) is -4.09. The van der Waals surface area contributed by atoms with Gasteiger partial charge in [0.15, 0.2) is 9.84 Å². The molecule has 0 heterocycles. The van der Waals surface area contributed by atoms with E-state index in [1.165, 1.54) is 0 Å². The van der Waals surface area contributed by atoms with E-state index in [0.29, 0.717) is 0 Å². The van der Waals surface area contributed by atoms with E-state index >= 15 is 0 Å². The van der Waals surface area contributed by atoms with Gasteiger partial charge in [0.1, 0.15) is 11.9 Å². The van der Waals surface area contributed by atoms with Gasteiger partial charge in [-0.3, -0.25) is 4.79 Å². The molecule has 0 aliphatic carbocycles. The maximum atomic E-state index is 11.7. The van der Waals surface area contributed by atoms with Crippen LogP contribution in [0.1, 0.15) is 0 Å². The zero-order chi connectivity index (χ0) is 11.4. The Morgan fingerprint density at radius 1 is 1.50 bits per heavy atom. The van der Waals surface area contributed by atoms with Crippen molar-refractivity contribution in [2.75, 3.05) is 18.6 Å². The molecule has 1 amide bonds. The second kappa shape index (κ2) is 5.20. The molecule has 0 aliphatic heterocycles. The summed E-state index contributed by atoms with van der Waals surface area (Å²) in [5.41, 5.74) is 0. The molecule has 0 saturated heterocycles. The minimum Gasteiger partial charge on any atom is -0.385 e. The Kier molecular flexibility index (Phi) is 4.92. The van der Waals surface area contributed by atoms with Crippen molar-refractivity contribution in [3.8, 4) is 0 Å². The quantitative estimate of drug-likeness (QED) is 0.620. The summed E-state index contributed by atoms with van der Waals surface area (Å²) in [6, 6.07) is 0. The van der Waals surface area contributed by atoms with Crippen molar-refractivity contribution in [2.45, 2.75) is 12.5 Å². The predicted molar refractivity (Wildman–Crippen MR) is 44.7 cm³/mol. The lowest BCUT2D eigenvalue weighted by Gasteiger charge is -2.09. The van der Waals surface area contributed by atoms with Crippen LogP contribution in [0.5, 0.6) is 0 Å². The molecule has 0 aromatic heterocycles. The molecule has 0 aromatic rings. The third-order valence-corrected chi connectivity index (χ3v) is 1.98. The number of rotatable bonds is 5. The molecule has 14 heavy (non-hydrogen) atoms. The van der Waals surface area contributed by atoms with Gasteiger partial charge in [-0.25, -0.2) is 17.2 Å². The number of alkyl halides is 2. The van der Waals surface area contributed by atoms with E-state index < -0.39 is 40.6 Å². The van der Waals surface area contributed by atoms with Crippen LogP contribution in [0.25, 0.3) is 0 Å². The van der Waals surface area contributed by atoms with E-state index in [4.69, 9.17) is 5.11 Å². The van der Waals surface area contributed by atoms with Gasteiger partial charge in [0.2, 0.25) is 5.91 Å². The van der Waals surface area contributed by atoms with Gasteiger partial charge in [0.05, 0.1) is 0 Å². The highest BCUT2D eigenvalue weighted by Gasteiger charge is 2.18. The number of carbonyl (C=O) groups is 1. The van der Waals surface area contributed by atoms with Crippen LogP contribution in [0.2, 0.25) is 0 Å². The van der Waals surface area contributed by atoms with Gasteiger partial charge in [0, 0.05) is 12.8 Å². The lowest BCUT2D eigenvalue weighted by atomic mass is 10.4. The zero-order valence-electron chi connectivity index (χ0n) is 7.41. The molecule has 0 bridgehead atoms. The van der Waals surface area contributed by atoms with Crippen LogP contribution in [0.4, 0.5) is 8.78 Å². The number of nitrogens with one attached hydrogen (secondary N) is 1. The first kappa shape index (κ1) is 13.2. The molecule has 2 N–H and O–H groups in total. The summed E-state index contributed by atoms with van der Waals surface area (Å²) in [6.45, 7) is -0.661. The standard InChI is InChI=1S/C6H11F2NO4S/c1-14(12,13)3-5(11)9-2-4(10)6(7)8/h4,6,10H,2-3H2,1H3,(H,9,11). The third-order valence-electron chi connectivity index (χ3n) is 1.19. The molecule has 5 nitrogen and oxygen atoms in total.